The second kappa shape index (κ2) is 9.83. The van der Waals surface area contributed by atoms with Crippen molar-refractivity contribution < 1.29 is 22.4 Å². The fraction of sp³-hybridized carbons (Fsp3) is 0.167. The van der Waals surface area contributed by atoms with E-state index in [4.69, 9.17) is 0 Å². The van der Waals surface area contributed by atoms with Gasteiger partial charge in [-0.3, -0.25) is 14.3 Å². The van der Waals surface area contributed by atoms with Crippen LogP contribution >= 0.6 is 0 Å². The monoisotopic (exact) mass is 469 g/mol. The molecule has 0 aromatic heterocycles. The number of para-hydroxylation sites is 1. The fourth-order valence-electron chi connectivity index (χ4n) is 3.21. The van der Waals surface area contributed by atoms with Gasteiger partial charge in [0.1, 0.15) is 5.82 Å². The third-order valence-electron chi connectivity index (χ3n) is 4.94. The molecule has 1 unspecified atom stereocenters. The number of rotatable bonds is 7. The number of sulfonamides is 1. The molecule has 0 spiro atoms. The number of anilines is 2. The first kappa shape index (κ1) is 23.9. The van der Waals surface area contributed by atoms with Crippen molar-refractivity contribution in [2.75, 3.05) is 10.0 Å². The Morgan fingerprint density at radius 3 is 2.39 bits per heavy atom. The summed E-state index contributed by atoms with van der Waals surface area (Å²) in [5, 5.41) is 5.53. The van der Waals surface area contributed by atoms with E-state index in [2.05, 4.69) is 15.4 Å². The van der Waals surface area contributed by atoms with Crippen molar-refractivity contribution >= 4 is 33.2 Å². The van der Waals surface area contributed by atoms with E-state index in [-0.39, 0.29) is 22.1 Å². The molecule has 3 N–H and O–H groups in total. The zero-order valence-electron chi connectivity index (χ0n) is 18.3. The van der Waals surface area contributed by atoms with Gasteiger partial charge in [-0.05, 0) is 61.4 Å². The molecule has 0 fully saturated rings. The van der Waals surface area contributed by atoms with Gasteiger partial charge in [0.15, 0.2) is 0 Å². The molecular formula is C24H24FN3O4S. The van der Waals surface area contributed by atoms with E-state index in [1.165, 1.54) is 43.3 Å². The molecule has 0 aliphatic rings. The standard InChI is InChI=1S/C24H24FN3O4S/c1-15-11-12-20(33(31,32)28-23-10-5-4-9-22(23)25)14-21(15)24(30)26-16(2)18-7-6-8-19(13-18)27-17(3)29/h4-14,16,28H,1-3H3,(H,26,30)(H,27,29). The van der Waals surface area contributed by atoms with Gasteiger partial charge in [-0.15, -0.1) is 0 Å². The Morgan fingerprint density at radius 2 is 1.70 bits per heavy atom. The first-order chi connectivity index (χ1) is 15.6. The molecule has 2 amide bonds. The van der Waals surface area contributed by atoms with Gasteiger partial charge in [-0.2, -0.15) is 0 Å². The van der Waals surface area contributed by atoms with Crippen LogP contribution in [0.25, 0.3) is 0 Å². The number of benzene rings is 3. The van der Waals surface area contributed by atoms with E-state index < -0.39 is 27.8 Å². The molecule has 0 saturated carbocycles. The number of hydrogen-bond donors (Lipinski definition) is 3. The number of amides is 2. The van der Waals surface area contributed by atoms with Gasteiger partial charge in [-0.25, -0.2) is 12.8 Å². The minimum Gasteiger partial charge on any atom is -0.346 e. The van der Waals surface area contributed by atoms with E-state index >= 15 is 0 Å². The number of carbonyl (C=O) groups is 2. The lowest BCUT2D eigenvalue weighted by atomic mass is 10.1. The third kappa shape index (κ3) is 5.95. The van der Waals surface area contributed by atoms with Crippen molar-refractivity contribution in [1.82, 2.24) is 5.32 Å². The van der Waals surface area contributed by atoms with Crippen LogP contribution in [0, 0.1) is 12.7 Å². The highest BCUT2D eigenvalue weighted by Gasteiger charge is 2.20. The van der Waals surface area contributed by atoms with Gasteiger partial charge in [0, 0.05) is 18.2 Å². The maximum absolute atomic E-state index is 13.9. The summed E-state index contributed by atoms with van der Waals surface area (Å²) in [7, 11) is -4.12. The molecule has 0 aliphatic carbocycles. The summed E-state index contributed by atoms with van der Waals surface area (Å²) in [5.41, 5.74) is 1.94. The van der Waals surface area contributed by atoms with E-state index in [0.29, 0.717) is 11.3 Å². The third-order valence-corrected chi connectivity index (χ3v) is 6.30. The van der Waals surface area contributed by atoms with E-state index in [0.717, 1.165) is 11.6 Å². The first-order valence-corrected chi connectivity index (χ1v) is 11.6. The molecule has 3 rings (SSSR count). The Balaban J connectivity index is 1.82. The molecule has 1 atom stereocenters. The lowest BCUT2D eigenvalue weighted by Gasteiger charge is -2.17. The minimum absolute atomic E-state index is 0.165. The van der Waals surface area contributed by atoms with Crippen molar-refractivity contribution in [2.45, 2.75) is 31.7 Å². The maximum Gasteiger partial charge on any atom is 0.262 e. The lowest BCUT2D eigenvalue weighted by molar-refractivity contribution is -0.114. The zero-order valence-corrected chi connectivity index (χ0v) is 19.2. The van der Waals surface area contributed by atoms with Gasteiger partial charge in [-0.1, -0.05) is 30.3 Å². The number of carbonyl (C=O) groups excluding carboxylic acids is 2. The molecule has 0 heterocycles. The molecule has 0 aliphatic heterocycles. The number of hydrogen-bond acceptors (Lipinski definition) is 4. The Hall–Kier alpha value is -3.72. The summed E-state index contributed by atoms with van der Waals surface area (Å²) in [4.78, 5) is 24.1. The molecule has 0 radical (unpaired) electrons. The van der Waals surface area contributed by atoms with Crippen LogP contribution in [-0.2, 0) is 14.8 Å². The largest absolute Gasteiger partial charge is 0.346 e. The van der Waals surface area contributed by atoms with Crippen LogP contribution in [0.4, 0.5) is 15.8 Å². The van der Waals surface area contributed by atoms with Gasteiger partial charge in [0.2, 0.25) is 5.91 Å². The quantitative estimate of drug-likeness (QED) is 0.477. The summed E-state index contributed by atoms with van der Waals surface area (Å²) >= 11 is 0. The van der Waals surface area contributed by atoms with E-state index in [9.17, 15) is 22.4 Å². The second-order valence-electron chi connectivity index (χ2n) is 7.56. The summed E-state index contributed by atoms with van der Waals surface area (Å²) in [5.74, 6) is -1.38. The molecule has 3 aromatic rings. The highest BCUT2D eigenvalue weighted by molar-refractivity contribution is 7.92. The van der Waals surface area contributed by atoms with Gasteiger partial charge in [0.05, 0.1) is 16.6 Å². The highest BCUT2D eigenvalue weighted by Crippen LogP contribution is 2.23. The fourth-order valence-corrected chi connectivity index (χ4v) is 4.30. The molecule has 0 saturated heterocycles. The predicted molar refractivity (Wildman–Crippen MR) is 125 cm³/mol. The van der Waals surface area contributed by atoms with Gasteiger partial charge >= 0.3 is 0 Å². The van der Waals surface area contributed by atoms with Crippen LogP contribution < -0.4 is 15.4 Å². The minimum atomic E-state index is -4.12. The van der Waals surface area contributed by atoms with Crippen LogP contribution in [0.3, 0.4) is 0 Å². The van der Waals surface area contributed by atoms with Crippen molar-refractivity contribution in [3.05, 3.63) is 89.2 Å². The molecule has 3 aromatic carbocycles. The molecule has 7 nitrogen and oxygen atoms in total. The predicted octanol–water partition coefficient (Wildman–Crippen LogP) is 4.38. The number of nitrogens with one attached hydrogen (secondary N) is 3. The van der Waals surface area contributed by atoms with Gasteiger partial charge < -0.3 is 10.6 Å². The van der Waals surface area contributed by atoms with Crippen LogP contribution in [-0.4, -0.2) is 20.2 Å². The van der Waals surface area contributed by atoms with Crippen molar-refractivity contribution in [2.24, 2.45) is 0 Å². The Bertz CT molecular complexity index is 1310. The average molecular weight is 470 g/mol. The average Bonchev–Trinajstić information content (AvgIpc) is 2.75. The van der Waals surface area contributed by atoms with E-state index in [1.54, 1.807) is 32.0 Å². The topological polar surface area (TPSA) is 104 Å². The van der Waals surface area contributed by atoms with Crippen molar-refractivity contribution in [1.29, 1.82) is 0 Å². The summed E-state index contributed by atoms with van der Waals surface area (Å²) in [6.45, 7) is 4.88. The van der Waals surface area contributed by atoms with Crippen molar-refractivity contribution in [3.8, 4) is 0 Å². The van der Waals surface area contributed by atoms with Crippen LogP contribution in [0.2, 0.25) is 0 Å². The first-order valence-electron chi connectivity index (χ1n) is 10.1. The maximum atomic E-state index is 13.9. The molecular weight excluding hydrogens is 445 g/mol. The summed E-state index contributed by atoms with van der Waals surface area (Å²) < 4.78 is 41.6. The summed E-state index contributed by atoms with van der Waals surface area (Å²) in [6, 6.07) is 16.2. The second-order valence-corrected chi connectivity index (χ2v) is 9.25. The van der Waals surface area contributed by atoms with E-state index in [1.807, 2.05) is 6.07 Å². The number of aryl methyl sites for hydroxylation is 1. The van der Waals surface area contributed by atoms with Crippen molar-refractivity contribution in [3.63, 3.8) is 0 Å². The molecule has 33 heavy (non-hydrogen) atoms. The smallest absolute Gasteiger partial charge is 0.262 e. The normalized spacial score (nSPS) is 12.0. The van der Waals surface area contributed by atoms with Crippen LogP contribution in [0.1, 0.15) is 41.4 Å². The lowest BCUT2D eigenvalue weighted by Crippen LogP contribution is -2.27. The molecule has 0 bridgehead atoms. The Kier molecular flexibility index (Phi) is 7.13. The van der Waals surface area contributed by atoms with Crippen LogP contribution in [0.5, 0.6) is 0 Å². The molecule has 172 valence electrons. The zero-order chi connectivity index (χ0) is 24.2. The van der Waals surface area contributed by atoms with Crippen LogP contribution in [0.15, 0.2) is 71.6 Å². The van der Waals surface area contributed by atoms with Gasteiger partial charge in [0.25, 0.3) is 15.9 Å². The summed E-state index contributed by atoms with van der Waals surface area (Å²) in [6.07, 6.45) is 0. The molecule has 9 heteroatoms. The Morgan fingerprint density at radius 1 is 0.970 bits per heavy atom. The Labute approximate surface area is 192 Å². The number of halogens is 1. The SMILES string of the molecule is CC(=O)Nc1cccc(C(C)NC(=O)c2cc(S(=O)(=O)Nc3ccccc3F)ccc2C)c1. The highest BCUT2D eigenvalue weighted by atomic mass is 32.2.